The number of carbonyl (C=O) groups is 3. The average molecular weight is 1300 g/mol. The molecule has 14 nitrogen and oxygen atoms in total. The molecule has 2 aromatic rings. The highest BCUT2D eigenvalue weighted by atomic mass is 31.2. The van der Waals surface area contributed by atoms with E-state index >= 15 is 4.57 Å². The van der Waals surface area contributed by atoms with E-state index in [9.17, 15) is 14.4 Å². The third-order valence-electron chi connectivity index (χ3n) is 17.5. The van der Waals surface area contributed by atoms with Crippen LogP contribution in [-0.4, -0.2) is 91.0 Å². The highest BCUT2D eigenvalue weighted by Crippen LogP contribution is 2.53. The fourth-order valence-corrected chi connectivity index (χ4v) is 13.9. The van der Waals surface area contributed by atoms with Crippen molar-refractivity contribution < 1.29 is 60.6 Å². The molecular weight excluding hydrogens is 1170 g/mol. The lowest BCUT2D eigenvalue weighted by molar-refractivity contribution is -0.264. The predicted molar refractivity (Wildman–Crippen MR) is 369 cm³/mol. The summed E-state index contributed by atoms with van der Waals surface area (Å²) < 4.78 is 74.3. The van der Waals surface area contributed by atoms with E-state index in [1.165, 1.54) is 122 Å². The maximum absolute atomic E-state index is 15.7. The van der Waals surface area contributed by atoms with E-state index in [0.717, 1.165) is 70.3 Å². The lowest BCUT2D eigenvalue weighted by Gasteiger charge is -2.46. The molecule has 1 aliphatic heterocycles. The molecule has 0 spiro atoms. The molecule has 1 heterocycles. The molecule has 0 bridgehead atoms. The normalized spacial score (nSPS) is 17.7. The number of amides is 1. The number of nitrogens with one attached hydrogen (secondary N) is 1. The summed E-state index contributed by atoms with van der Waals surface area (Å²) in [5, 5.41) is 2.89. The Morgan fingerprint density at radius 1 is 0.562 bits per heavy atom. The molecule has 0 saturated carbocycles. The molecule has 0 radical (unpaired) electrons. The summed E-state index contributed by atoms with van der Waals surface area (Å²) in [7, 11) is -8.73. The number of benzene rings is 2. The van der Waals surface area contributed by atoms with Crippen molar-refractivity contribution in [1.82, 2.24) is 5.32 Å². The maximum atomic E-state index is 15.7. The standard InChI is InChI=1S/C72H128NO13PSi2/c1-12-15-18-21-24-27-29-32-35-38-47-54-65(74)73-68-70(82-66(75)55-48-39-36-33-30-28-25-22-19-16-13-2)69(86-87(77,84-61-49-43-40-44-50-61)85-62-51-45-41-46-52-62)64(59-80-89(10,11)72(4,5)6)81-71(68)83-67(76)58-63(79-60-78-56-57-88(7,8)9)53-42-37-34-31-26-23-20-17-14-3/h40-41,43-46,49-52,63-64,68-71H,12-39,42,47-48,53-60H2,1-11H3,(H,73,74)/t63-,64-,68-,69-,70-,71-/m1/s1. The van der Waals surface area contributed by atoms with Gasteiger partial charge in [-0.15, -0.1) is 0 Å². The van der Waals surface area contributed by atoms with Crippen LogP contribution in [0.25, 0.3) is 0 Å². The molecule has 1 saturated heterocycles. The number of unbranched alkanes of at least 4 members (excludes halogenated alkanes) is 28. The number of para-hydroxylation sites is 2. The molecular formula is C72H128NO13PSi2. The smallest absolute Gasteiger partial charge is 0.457 e. The Kier molecular flexibility index (Phi) is 42.2. The Bertz CT molecular complexity index is 2120. The monoisotopic (exact) mass is 1300 g/mol. The molecule has 1 N–H and O–H groups in total. The molecule has 1 amide bonds. The summed E-state index contributed by atoms with van der Waals surface area (Å²) in [4.78, 5) is 44.0. The molecule has 2 aromatic carbocycles. The van der Waals surface area contributed by atoms with Gasteiger partial charge in [0.05, 0.1) is 19.1 Å². The van der Waals surface area contributed by atoms with E-state index < -0.39 is 72.9 Å². The van der Waals surface area contributed by atoms with Crippen LogP contribution in [0.5, 0.6) is 11.5 Å². The summed E-state index contributed by atoms with van der Waals surface area (Å²) in [6.45, 7) is 24.7. The molecule has 17 heteroatoms. The number of phosphoric ester groups is 1. The molecule has 512 valence electrons. The predicted octanol–water partition coefficient (Wildman–Crippen LogP) is 20.7. The second-order valence-corrected chi connectivity index (χ2v) is 39.9. The van der Waals surface area contributed by atoms with Crippen molar-refractivity contribution >= 4 is 42.1 Å². The summed E-state index contributed by atoms with van der Waals surface area (Å²) in [6.07, 6.45) is 29.5. The molecule has 0 aromatic heterocycles. The summed E-state index contributed by atoms with van der Waals surface area (Å²) in [6, 6.07) is 16.8. The number of hydrogen-bond acceptors (Lipinski definition) is 13. The quantitative estimate of drug-likeness (QED) is 0.0219. The fraction of sp³-hybridized carbons (Fsp3) is 0.792. The van der Waals surface area contributed by atoms with Gasteiger partial charge in [0.1, 0.15) is 36.5 Å². The van der Waals surface area contributed by atoms with E-state index in [0.29, 0.717) is 25.9 Å². The molecule has 0 aliphatic carbocycles. The van der Waals surface area contributed by atoms with Crippen molar-refractivity contribution in [1.29, 1.82) is 0 Å². The Hall–Kier alpha value is -3.09. The summed E-state index contributed by atoms with van der Waals surface area (Å²) in [5.41, 5.74) is 0. The van der Waals surface area contributed by atoms with Gasteiger partial charge in [-0.05, 0) is 67.7 Å². The van der Waals surface area contributed by atoms with Crippen molar-refractivity contribution in [3.8, 4) is 11.5 Å². The van der Waals surface area contributed by atoms with Gasteiger partial charge < -0.3 is 42.5 Å². The van der Waals surface area contributed by atoms with Crippen LogP contribution in [0.4, 0.5) is 0 Å². The third kappa shape index (κ3) is 37.4. The Labute approximate surface area is 544 Å². The number of phosphoric acid groups is 1. The van der Waals surface area contributed by atoms with Gasteiger partial charge in [-0.1, -0.05) is 284 Å². The number of hydrogen-bond donors (Lipinski definition) is 1. The van der Waals surface area contributed by atoms with Crippen molar-refractivity contribution in [2.45, 2.75) is 347 Å². The zero-order valence-electron chi connectivity index (χ0n) is 58.1. The maximum Gasteiger partial charge on any atom is 0.588 e. The molecule has 1 aliphatic rings. The highest BCUT2D eigenvalue weighted by Gasteiger charge is 2.55. The Morgan fingerprint density at radius 3 is 1.45 bits per heavy atom. The van der Waals surface area contributed by atoms with Crippen LogP contribution in [0.2, 0.25) is 43.8 Å². The van der Waals surface area contributed by atoms with E-state index in [4.69, 9.17) is 41.7 Å². The van der Waals surface area contributed by atoms with Crippen molar-refractivity contribution in [2.24, 2.45) is 0 Å². The second-order valence-electron chi connectivity index (χ2n) is 28.0. The van der Waals surface area contributed by atoms with Gasteiger partial charge >= 0.3 is 19.8 Å². The first-order valence-corrected chi connectivity index (χ1v) is 43.7. The van der Waals surface area contributed by atoms with Gasteiger partial charge in [0.2, 0.25) is 12.2 Å². The number of carbonyl (C=O) groups excluding carboxylic acids is 3. The second kappa shape index (κ2) is 46.9. The lowest BCUT2D eigenvalue weighted by atomic mass is 9.96. The van der Waals surface area contributed by atoms with E-state index in [-0.39, 0.29) is 55.1 Å². The van der Waals surface area contributed by atoms with Crippen LogP contribution < -0.4 is 14.4 Å². The van der Waals surface area contributed by atoms with E-state index in [1.807, 2.05) is 12.1 Å². The topological polar surface area (TPSA) is 163 Å². The van der Waals surface area contributed by atoms with Crippen LogP contribution in [0.3, 0.4) is 0 Å². The summed E-state index contributed by atoms with van der Waals surface area (Å²) >= 11 is 0. The first kappa shape index (κ1) is 80.2. The number of ether oxygens (including phenoxy) is 5. The molecule has 1 fully saturated rings. The van der Waals surface area contributed by atoms with Crippen molar-refractivity contribution in [3.05, 3.63) is 60.7 Å². The Morgan fingerprint density at radius 2 is 1.00 bits per heavy atom. The minimum Gasteiger partial charge on any atom is -0.457 e. The van der Waals surface area contributed by atoms with E-state index in [2.05, 4.69) is 79.6 Å². The van der Waals surface area contributed by atoms with Crippen LogP contribution in [0, 0.1) is 0 Å². The first-order chi connectivity index (χ1) is 42.7. The van der Waals surface area contributed by atoms with Crippen LogP contribution in [-0.2, 0) is 51.6 Å². The SMILES string of the molecule is CCCCCCCCCCCCCC(=O)N[C@H]1[C@@H](OC(=O)C[C@@H](CCCCCCCCCCC)OCOCC[Si](C)(C)C)O[C@H](CO[Si](C)(C)C(C)(C)C)[C@@H](OP(=O)(Oc2ccccc2)Oc2ccccc2)[C@@H]1OC(=O)CCCCCCCCCCCCC. The van der Waals surface area contributed by atoms with Gasteiger partial charge in [0, 0.05) is 27.5 Å². The zero-order chi connectivity index (χ0) is 65.1. The van der Waals surface area contributed by atoms with Gasteiger partial charge in [-0.25, -0.2) is 4.57 Å². The minimum atomic E-state index is -4.78. The van der Waals surface area contributed by atoms with Crippen LogP contribution >= 0.6 is 7.82 Å². The van der Waals surface area contributed by atoms with E-state index in [1.54, 1.807) is 48.5 Å². The molecule has 3 rings (SSSR count). The summed E-state index contributed by atoms with van der Waals surface area (Å²) in [5.74, 6) is -1.11. The number of rotatable bonds is 54. The first-order valence-electron chi connectivity index (χ1n) is 35.6. The van der Waals surface area contributed by atoms with Crippen LogP contribution in [0.15, 0.2) is 60.7 Å². The largest absolute Gasteiger partial charge is 0.588 e. The van der Waals surface area contributed by atoms with Crippen molar-refractivity contribution in [2.75, 3.05) is 20.0 Å². The molecule has 6 atom stereocenters. The van der Waals surface area contributed by atoms with Gasteiger partial charge in [-0.3, -0.25) is 18.9 Å². The van der Waals surface area contributed by atoms with Gasteiger partial charge in [-0.2, -0.15) is 0 Å². The molecule has 0 unspecified atom stereocenters. The lowest BCUT2D eigenvalue weighted by Crippen LogP contribution is -2.67. The zero-order valence-corrected chi connectivity index (χ0v) is 61.0. The van der Waals surface area contributed by atoms with Gasteiger partial charge in [0.25, 0.3) is 0 Å². The fourth-order valence-electron chi connectivity index (χ4n) is 10.7. The minimum absolute atomic E-state index is 0.0384. The van der Waals surface area contributed by atoms with Crippen molar-refractivity contribution in [3.63, 3.8) is 0 Å². The number of esters is 2. The highest BCUT2D eigenvalue weighted by molar-refractivity contribution is 7.49. The third-order valence-corrected chi connectivity index (χ3v) is 25.1. The molecule has 89 heavy (non-hydrogen) atoms. The Balaban J connectivity index is 2.10. The van der Waals surface area contributed by atoms with Crippen LogP contribution in [0.1, 0.15) is 266 Å². The van der Waals surface area contributed by atoms with Gasteiger partial charge in [0.15, 0.2) is 14.4 Å². The average Bonchev–Trinajstić information content (AvgIpc) is 1.26.